The maximum atomic E-state index is 4.80. The van der Waals surface area contributed by atoms with Crippen LogP contribution in [0.4, 0.5) is 0 Å². The molecule has 2 heterocycles. The van der Waals surface area contributed by atoms with Crippen LogP contribution in [0.1, 0.15) is 22.5 Å². The number of aromatic amines is 1. The standard InChI is InChI=1S/C23H23N3/c1-4-12-26-13-11-21-22(15-26)25-23(24-21)19-9-7-18(8-10-19)20-6-5-16(2)17(3)14-20/h4-11,13-14H,1,12,15H2,2-3H3,(H,24,25). The zero-order valence-electron chi connectivity index (χ0n) is 15.3. The number of H-pyrrole nitrogens is 1. The average Bonchev–Trinajstić information content (AvgIpc) is 3.08. The zero-order valence-corrected chi connectivity index (χ0v) is 15.3. The molecule has 3 aromatic rings. The Hall–Kier alpha value is -3.07. The van der Waals surface area contributed by atoms with E-state index in [-0.39, 0.29) is 0 Å². The Morgan fingerprint density at radius 2 is 1.77 bits per heavy atom. The Morgan fingerprint density at radius 3 is 2.50 bits per heavy atom. The number of imidazole rings is 1. The Bertz CT molecular complexity index is 977. The van der Waals surface area contributed by atoms with Crippen LogP contribution in [-0.4, -0.2) is 21.4 Å². The van der Waals surface area contributed by atoms with Crippen molar-refractivity contribution in [3.8, 4) is 22.5 Å². The smallest absolute Gasteiger partial charge is 0.138 e. The van der Waals surface area contributed by atoms with Crippen LogP contribution in [0.15, 0.2) is 61.3 Å². The van der Waals surface area contributed by atoms with Gasteiger partial charge in [0.05, 0.1) is 17.9 Å². The van der Waals surface area contributed by atoms with Crippen LogP contribution in [0, 0.1) is 13.8 Å². The van der Waals surface area contributed by atoms with Gasteiger partial charge in [0.15, 0.2) is 0 Å². The molecule has 1 aliphatic heterocycles. The van der Waals surface area contributed by atoms with Crippen molar-refractivity contribution >= 4 is 6.08 Å². The molecule has 2 aromatic carbocycles. The topological polar surface area (TPSA) is 31.9 Å². The number of rotatable bonds is 4. The molecule has 0 unspecified atom stereocenters. The van der Waals surface area contributed by atoms with Gasteiger partial charge in [0.25, 0.3) is 0 Å². The number of hydrogen-bond donors (Lipinski definition) is 1. The monoisotopic (exact) mass is 341 g/mol. The van der Waals surface area contributed by atoms with Crippen molar-refractivity contribution in [1.29, 1.82) is 0 Å². The van der Waals surface area contributed by atoms with Crippen LogP contribution in [0.2, 0.25) is 0 Å². The predicted octanol–water partition coefficient (Wildman–Crippen LogP) is 5.33. The summed E-state index contributed by atoms with van der Waals surface area (Å²) in [6, 6.07) is 15.2. The molecule has 4 rings (SSSR count). The van der Waals surface area contributed by atoms with Gasteiger partial charge >= 0.3 is 0 Å². The molecule has 1 aliphatic rings. The third-order valence-corrected chi connectivity index (χ3v) is 4.98. The predicted molar refractivity (Wildman–Crippen MR) is 109 cm³/mol. The highest BCUT2D eigenvalue weighted by Crippen LogP contribution is 2.27. The molecular weight excluding hydrogens is 318 g/mol. The molecule has 0 saturated carbocycles. The van der Waals surface area contributed by atoms with Gasteiger partial charge in [-0.3, -0.25) is 0 Å². The largest absolute Gasteiger partial charge is 0.368 e. The van der Waals surface area contributed by atoms with Crippen molar-refractivity contribution in [2.45, 2.75) is 20.4 Å². The zero-order chi connectivity index (χ0) is 18.1. The number of aromatic nitrogens is 2. The molecule has 3 heteroatoms. The lowest BCUT2D eigenvalue weighted by molar-refractivity contribution is 0.401. The molecule has 1 N–H and O–H groups in total. The molecule has 0 spiro atoms. The highest BCUT2D eigenvalue weighted by atomic mass is 15.1. The first-order valence-electron chi connectivity index (χ1n) is 8.94. The van der Waals surface area contributed by atoms with E-state index in [0.717, 1.165) is 35.9 Å². The van der Waals surface area contributed by atoms with Gasteiger partial charge in [-0.25, -0.2) is 4.98 Å². The molecule has 3 nitrogen and oxygen atoms in total. The molecule has 0 aliphatic carbocycles. The minimum absolute atomic E-state index is 0.815. The van der Waals surface area contributed by atoms with Crippen LogP contribution >= 0.6 is 0 Å². The summed E-state index contributed by atoms with van der Waals surface area (Å²) >= 11 is 0. The van der Waals surface area contributed by atoms with Crippen molar-refractivity contribution < 1.29 is 0 Å². The molecule has 1 aromatic heterocycles. The first kappa shape index (κ1) is 16.4. The summed E-state index contributed by atoms with van der Waals surface area (Å²) in [5.41, 5.74) is 8.41. The van der Waals surface area contributed by atoms with Gasteiger partial charge in [-0.15, -0.1) is 6.58 Å². The first-order chi connectivity index (χ1) is 12.6. The van der Waals surface area contributed by atoms with Gasteiger partial charge in [-0.2, -0.15) is 0 Å². The summed E-state index contributed by atoms with van der Waals surface area (Å²) in [5.74, 6) is 0.923. The van der Waals surface area contributed by atoms with Crippen molar-refractivity contribution in [2.75, 3.05) is 6.54 Å². The van der Waals surface area contributed by atoms with E-state index in [1.54, 1.807) is 0 Å². The fourth-order valence-corrected chi connectivity index (χ4v) is 3.28. The van der Waals surface area contributed by atoms with E-state index in [1.807, 2.05) is 6.08 Å². The fraction of sp³-hybridized carbons (Fsp3) is 0.174. The number of nitrogens with one attached hydrogen (secondary N) is 1. The van der Waals surface area contributed by atoms with E-state index in [2.05, 4.69) is 85.1 Å². The van der Waals surface area contributed by atoms with E-state index < -0.39 is 0 Å². The van der Waals surface area contributed by atoms with Crippen LogP contribution in [0.3, 0.4) is 0 Å². The van der Waals surface area contributed by atoms with Gasteiger partial charge in [-0.05, 0) is 42.2 Å². The summed E-state index contributed by atoms with van der Waals surface area (Å²) in [4.78, 5) is 10.4. The van der Waals surface area contributed by atoms with E-state index in [0.29, 0.717) is 0 Å². The number of nitrogens with zero attached hydrogens (tertiary/aromatic N) is 2. The van der Waals surface area contributed by atoms with Crippen LogP contribution in [0.5, 0.6) is 0 Å². The SMILES string of the molecule is C=CCN1C=Cc2[nH]c(-c3ccc(-c4ccc(C)c(C)c4)cc3)nc2C1. The van der Waals surface area contributed by atoms with Gasteiger partial charge in [-0.1, -0.05) is 48.5 Å². The molecule has 26 heavy (non-hydrogen) atoms. The number of hydrogen-bond acceptors (Lipinski definition) is 2. The second-order valence-electron chi connectivity index (χ2n) is 6.86. The Morgan fingerprint density at radius 1 is 1.04 bits per heavy atom. The number of benzene rings is 2. The number of aryl methyl sites for hydroxylation is 2. The third kappa shape index (κ3) is 3.08. The second-order valence-corrected chi connectivity index (χ2v) is 6.86. The fourth-order valence-electron chi connectivity index (χ4n) is 3.28. The minimum Gasteiger partial charge on any atom is -0.368 e. The van der Waals surface area contributed by atoms with E-state index in [9.17, 15) is 0 Å². The molecule has 0 atom stereocenters. The maximum Gasteiger partial charge on any atom is 0.138 e. The van der Waals surface area contributed by atoms with E-state index in [4.69, 9.17) is 4.98 Å². The molecule has 0 saturated heterocycles. The summed E-state index contributed by atoms with van der Waals surface area (Å²) in [6.45, 7) is 9.75. The van der Waals surface area contributed by atoms with Gasteiger partial charge in [0, 0.05) is 18.3 Å². The second kappa shape index (κ2) is 6.68. The van der Waals surface area contributed by atoms with Gasteiger partial charge in [0.2, 0.25) is 0 Å². The Balaban J connectivity index is 1.59. The lowest BCUT2D eigenvalue weighted by Crippen LogP contribution is -2.19. The molecule has 0 amide bonds. The molecule has 130 valence electrons. The molecule has 0 radical (unpaired) electrons. The lowest BCUT2D eigenvalue weighted by Gasteiger charge is -2.20. The molecule has 0 bridgehead atoms. The van der Waals surface area contributed by atoms with Crippen LogP contribution in [-0.2, 0) is 6.54 Å². The highest BCUT2D eigenvalue weighted by Gasteiger charge is 2.15. The van der Waals surface area contributed by atoms with Crippen molar-refractivity contribution in [3.63, 3.8) is 0 Å². The molecule has 0 fully saturated rings. The summed E-state index contributed by atoms with van der Waals surface area (Å²) in [6.07, 6.45) is 6.09. The van der Waals surface area contributed by atoms with Gasteiger partial charge < -0.3 is 9.88 Å². The Kier molecular flexibility index (Phi) is 4.21. The van der Waals surface area contributed by atoms with Crippen LogP contribution in [0.25, 0.3) is 28.6 Å². The Labute approximate surface area is 154 Å². The average molecular weight is 341 g/mol. The van der Waals surface area contributed by atoms with E-state index >= 15 is 0 Å². The summed E-state index contributed by atoms with van der Waals surface area (Å²) < 4.78 is 0. The maximum absolute atomic E-state index is 4.80. The minimum atomic E-state index is 0.815. The molecular formula is C23H23N3. The van der Waals surface area contributed by atoms with Crippen molar-refractivity contribution in [2.24, 2.45) is 0 Å². The number of fused-ring (bicyclic) bond motifs is 1. The quantitative estimate of drug-likeness (QED) is 0.650. The van der Waals surface area contributed by atoms with Gasteiger partial charge in [0.1, 0.15) is 5.82 Å². The third-order valence-electron chi connectivity index (χ3n) is 4.98. The highest BCUT2D eigenvalue weighted by molar-refractivity contribution is 5.69. The normalized spacial score (nSPS) is 12.9. The summed E-state index contributed by atoms with van der Waals surface area (Å²) in [7, 11) is 0. The van der Waals surface area contributed by atoms with E-state index in [1.165, 1.54) is 22.3 Å². The van der Waals surface area contributed by atoms with Crippen LogP contribution < -0.4 is 0 Å². The van der Waals surface area contributed by atoms with Crippen molar-refractivity contribution in [1.82, 2.24) is 14.9 Å². The lowest BCUT2D eigenvalue weighted by atomic mass is 9.99. The first-order valence-corrected chi connectivity index (χ1v) is 8.94. The van der Waals surface area contributed by atoms with Crippen molar-refractivity contribution in [3.05, 3.63) is 83.8 Å². The summed E-state index contributed by atoms with van der Waals surface area (Å²) in [5, 5.41) is 0.